The van der Waals surface area contributed by atoms with E-state index in [0.29, 0.717) is 11.4 Å². The number of anilines is 1. The van der Waals surface area contributed by atoms with E-state index >= 15 is 0 Å². The van der Waals surface area contributed by atoms with Gasteiger partial charge in [-0.15, -0.1) is 0 Å². The van der Waals surface area contributed by atoms with Crippen molar-refractivity contribution in [3.8, 4) is 5.75 Å². The first kappa shape index (κ1) is 24.5. The summed E-state index contributed by atoms with van der Waals surface area (Å²) < 4.78 is 33.4. The monoisotopic (exact) mass is 513 g/mol. The molecule has 0 fully saturated rings. The van der Waals surface area contributed by atoms with Crippen LogP contribution in [0.15, 0.2) is 88.9 Å². The molecule has 5 rings (SSSR count). The van der Waals surface area contributed by atoms with Gasteiger partial charge in [0.1, 0.15) is 12.3 Å². The van der Waals surface area contributed by atoms with Gasteiger partial charge in [-0.1, -0.05) is 54.1 Å². The lowest BCUT2D eigenvalue weighted by Crippen LogP contribution is -2.39. The Hall–Kier alpha value is -4.17. The lowest BCUT2D eigenvalue weighted by Gasteiger charge is -2.24. The van der Waals surface area contributed by atoms with Crippen LogP contribution in [0.3, 0.4) is 0 Å². The van der Waals surface area contributed by atoms with Crippen molar-refractivity contribution in [2.24, 2.45) is 5.10 Å². The zero-order chi connectivity index (χ0) is 26.0. The fraction of sp³-hybridized carbons (Fsp3) is 0.172. The molecule has 7 nitrogen and oxygen atoms in total. The van der Waals surface area contributed by atoms with Crippen molar-refractivity contribution in [1.82, 2.24) is 5.43 Å². The summed E-state index contributed by atoms with van der Waals surface area (Å²) in [4.78, 5) is 13.0. The molecule has 1 N–H and O–H groups in total. The molecule has 188 valence electrons. The Morgan fingerprint density at radius 3 is 2.49 bits per heavy atom. The van der Waals surface area contributed by atoms with Crippen molar-refractivity contribution < 1.29 is 17.9 Å². The number of aryl methyl sites for hydroxylation is 3. The highest BCUT2D eigenvalue weighted by atomic mass is 32.2. The number of benzene rings is 4. The molecule has 0 aliphatic heterocycles. The quantitative estimate of drug-likeness (QED) is 0.276. The Morgan fingerprint density at radius 1 is 1.00 bits per heavy atom. The van der Waals surface area contributed by atoms with Crippen molar-refractivity contribution in [2.75, 3.05) is 18.0 Å². The van der Waals surface area contributed by atoms with Gasteiger partial charge in [-0.2, -0.15) is 5.10 Å². The van der Waals surface area contributed by atoms with E-state index in [1.807, 2.05) is 19.1 Å². The summed E-state index contributed by atoms with van der Waals surface area (Å²) in [7, 11) is -2.53. The molecule has 4 aromatic rings. The van der Waals surface area contributed by atoms with Gasteiger partial charge in [-0.3, -0.25) is 9.10 Å². The van der Waals surface area contributed by atoms with Gasteiger partial charge in [0.05, 0.1) is 23.9 Å². The first-order valence-electron chi connectivity index (χ1n) is 12.0. The number of sulfonamides is 1. The number of ether oxygens (including phenoxy) is 1. The van der Waals surface area contributed by atoms with E-state index in [4.69, 9.17) is 4.74 Å². The van der Waals surface area contributed by atoms with E-state index in [2.05, 4.69) is 28.7 Å². The lowest BCUT2D eigenvalue weighted by molar-refractivity contribution is -0.119. The fourth-order valence-corrected chi connectivity index (χ4v) is 6.05. The van der Waals surface area contributed by atoms with E-state index in [1.165, 1.54) is 35.8 Å². The molecule has 1 amide bonds. The molecule has 1 aliphatic rings. The van der Waals surface area contributed by atoms with Crippen molar-refractivity contribution in [1.29, 1.82) is 0 Å². The summed E-state index contributed by atoms with van der Waals surface area (Å²) in [5.74, 6) is -0.0900. The van der Waals surface area contributed by atoms with E-state index in [-0.39, 0.29) is 4.90 Å². The van der Waals surface area contributed by atoms with Crippen LogP contribution >= 0.6 is 0 Å². The Balaban J connectivity index is 1.40. The van der Waals surface area contributed by atoms with Crippen LogP contribution in [0.2, 0.25) is 0 Å². The van der Waals surface area contributed by atoms with Gasteiger partial charge in [0, 0.05) is 11.6 Å². The zero-order valence-electron chi connectivity index (χ0n) is 20.6. The van der Waals surface area contributed by atoms with E-state index in [1.54, 1.807) is 42.6 Å². The third-order valence-corrected chi connectivity index (χ3v) is 8.33. The highest BCUT2D eigenvalue weighted by molar-refractivity contribution is 7.92. The van der Waals surface area contributed by atoms with E-state index in [0.717, 1.165) is 33.7 Å². The Morgan fingerprint density at radius 2 is 1.73 bits per heavy atom. The Labute approximate surface area is 216 Å². The van der Waals surface area contributed by atoms with Crippen LogP contribution in [-0.2, 0) is 27.7 Å². The molecule has 0 saturated carbocycles. The second-order valence-electron chi connectivity index (χ2n) is 8.97. The van der Waals surface area contributed by atoms with Gasteiger partial charge in [0.2, 0.25) is 0 Å². The van der Waals surface area contributed by atoms with E-state index < -0.39 is 22.5 Å². The number of nitrogens with zero attached hydrogens (tertiary/aromatic N) is 2. The van der Waals surface area contributed by atoms with Crippen LogP contribution in [-0.4, -0.2) is 34.2 Å². The summed E-state index contributed by atoms with van der Waals surface area (Å²) in [6.07, 6.45) is 3.66. The third-order valence-electron chi connectivity index (χ3n) is 6.54. The maximum Gasteiger partial charge on any atom is 0.264 e. The number of hydrogen-bond donors (Lipinski definition) is 1. The predicted octanol–water partition coefficient (Wildman–Crippen LogP) is 4.60. The molecule has 0 atom stereocenters. The normalized spacial score (nSPS) is 12.7. The van der Waals surface area contributed by atoms with E-state index in [9.17, 15) is 13.2 Å². The average Bonchev–Trinajstić information content (AvgIpc) is 3.33. The van der Waals surface area contributed by atoms with Crippen LogP contribution in [0.25, 0.3) is 10.8 Å². The van der Waals surface area contributed by atoms with Crippen molar-refractivity contribution in [3.63, 3.8) is 0 Å². The lowest BCUT2D eigenvalue weighted by atomic mass is 10.0. The molecule has 0 bridgehead atoms. The number of nitrogens with one attached hydrogen (secondary N) is 1. The van der Waals surface area contributed by atoms with Crippen LogP contribution in [0, 0.1) is 6.92 Å². The van der Waals surface area contributed by atoms with Gasteiger partial charge in [0.25, 0.3) is 15.9 Å². The minimum absolute atomic E-state index is 0.0881. The molecule has 0 heterocycles. The summed E-state index contributed by atoms with van der Waals surface area (Å²) >= 11 is 0. The standard InChI is InChI=1S/C29H27N3O4S/c1-20-9-15-26(16-10-20)37(34,35)32(24-6-4-7-25(17-24)36-2)19-28(33)31-30-18-23-14-13-22-12-11-21-5-3-8-27(23)29(21)22/h3-10,13-18H,11-12,19H2,1-2H3,(H,31,33)/b30-18-. The smallest absolute Gasteiger partial charge is 0.264 e. The summed E-state index contributed by atoms with van der Waals surface area (Å²) in [6, 6.07) is 23.4. The predicted molar refractivity (Wildman–Crippen MR) is 146 cm³/mol. The molecule has 0 radical (unpaired) electrons. The number of amides is 1. The van der Waals surface area contributed by atoms with Gasteiger partial charge in [-0.25, -0.2) is 13.8 Å². The summed E-state index contributed by atoms with van der Waals surface area (Å²) in [5, 5.41) is 6.49. The molecule has 0 saturated heterocycles. The van der Waals surface area contributed by atoms with Crippen LogP contribution in [0.5, 0.6) is 5.75 Å². The molecule has 4 aromatic carbocycles. The highest BCUT2D eigenvalue weighted by Gasteiger charge is 2.27. The summed E-state index contributed by atoms with van der Waals surface area (Å²) in [6.45, 7) is 1.42. The van der Waals surface area contributed by atoms with Gasteiger partial charge >= 0.3 is 0 Å². The van der Waals surface area contributed by atoms with Crippen molar-refractivity contribution >= 4 is 38.6 Å². The summed E-state index contributed by atoms with van der Waals surface area (Å²) in [5.41, 5.74) is 7.27. The minimum Gasteiger partial charge on any atom is -0.497 e. The maximum absolute atomic E-state index is 13.6. The van der Waals surface area contributed by atoms with Gasteiger partial charge in [-0.05, 0) is 65.9 Å². The number of rotatable bonds is 8. The van der Waals surface area contributed by atoms with Gasteiger partial charge in [0.15, 0.2) is 0 Å². The van der Waals surface area contributed by atoms with Gasteiger partial charge < -0.3 is 4.74 Å². The largest absolute Gasteiger partial charge is 0.497 e. The molecular formula is C29H27N3O4S. The maximum atomic E-state index is 13.6. The third kappa shape index (κ3) is 4.93. The average molecular weight is 514 g/mol. The Kier molecular flexibility index (Phi) is 6.67. The molecule has 0 spiro atoms. The van der Waals surface area contributed by atoms with Crippen LogP contribution in [0.1, 0.15) is 22.3 Å². The van der Waals surface area contributed by atoms with Crippen LogP contribution in [0.4, 0.5) is 5.69 Å². The topological polar surface area (TPSA) is 88.1 Å². The number of carbonyl (C=O) groups excluding carboxylic acids is 1. The molecule has 0 unspecified atom stereocenters. The molecular weight excluding hydrogens is 486 g/mol. The first-order valence-corrected chi connectivity index (χ1v) is 13.4. The fourth-order valence-electron chi connectivity index (χ4n) is 4.64. The number of hydrazone groups is 1. The highest BCUT2D eigenvalue weighted by Crippen LogP contribution is 2.32. The molecule has 37 heavy (non-hydrogen) atoms. The van der Waals surface area contributed by atoms with Crippen LogP contribution < -0.4 is 14.5 Å². The number of methoxy groups -OCH3 is 1. The minimum atomic E-state index is -4.03. The SMILES string of the molecule is COc1cccc(N(CC(=O)N/N=C\c2ccc3c4c(cccc24)CC3)S(=O)(=O)c2ccc(C)cc2)c1. The second-order valence-corrected chi connectivity index (χ2v) is 10.8. The zero-order valence-corrected chi connectivity index (χ0v) is 21.5. The van der Waals surface area contributed by atoms with Crippen molar-refractivity contribution in [3.05, 3.63) is 101 Å². The van der Waals surface area contributed by atoms with Crippen molar-refractivity contribution in [2.45, 2.75) is 24.7 Å². The second kappa shape index (κ2) is 10.1. The number of carbonyl (C=O) groups is 1. The number of hydrogen-bond acceptors (Lipinski definition) is 5. The Bertz CT molecular complexity index is 1600. The molecule has 1 aliphatic carbocycles. The molecule has 8 heteroatoms. The molecule has 0 aromatic heterocycles. The first-order chi connectivity index (χ1) is 17.9.